The van der Waals surface area contributed by atoms with Crippen molar-refractivity contribution in [1.82, 2.24) is 15.5 Å². The minimum Gasteiger partial charge on any atom is -0.353 e. The molecule has 3 aromatic rings. The Morgan fingerprint density at radius 1 is 0.955 bits per heavy atom. The van der Waals surface area contributed by atoms with E-state index in [-0.39, 0.29) is 0 Å². The molecule has 1 N–H and O–H groups in total. The van der Waals surface area contributed by atoms with E-state index >= 15 is 0 Å². The smallest absolute Gasteiger partial charge is 0.159 e. The van der Waals surface area contributed by atoms with Crippen molar-refractivity contribution in [3.8, 4) is 10.6 Å². The summed E-state index contributed by atoms with van der Waals surface area (Å²) in [5, 5.41) is 17.0. The van der Waals surface area contributed by atoms with Gasteiger partial charge in [0.05, 0.1) is 4.88 Å². The number of rotatable bonds is 2. The monoisotopic (exact) mass is 310 g/mol. The maximum absolute atomic E-state index is 4.58. The fraction of sp³-hybridized carbons (Fsp3) is 0.294. The molecular formula is C17H18N4S. The molecule has 0 unspecified atom stereocenters. The van der Waals surface area contributed by atoms with Crippen molar-refractivity contribution in [2.45, 2.75) is 6.42 Å². The Balaban J connectivity index is 1.85. The molecule has 0 atom stereocenters. The number of fused-ring (bicyclic) bond motifs is 1. The van der Waals surface area contributed by atoms with E-state index in [1.807, 2.05) is 0 Å². The Bertz CT molecular complexity index is 761. The van der Waals surface area contributed by atoms with Crippen molar-refractivity contribution < 1.29 is 0 Å². The molecule has 4 nitrogen and oxygen atoms in total. The van der Waals surface area contributed by atoms with Crippen LogP contribution in [0.3, 0.4) is 0 Å². The first kappa shape index (κ1) is 13.7. The number of benzene rings is 1. The first-order chi connectivity index (χ1) is 10.9. The van der Waals surface area contributed by atoms with Crippen LogP contribution in [0.1, 0.15) is 6.42 Å². The van der Waals surface area contributed by atoms with Crippen LogP contribution in [0.15, 0.2) is 41.8 Å². The molecule has 4 rings (SSSR count). The maximum Gasteiger partial charge on any atom is 0.159 e. The van der Waals surface area contributed by atoms with Gasteiger partial charge < -0.3 is 10.2 Å². The molecule has 2 aromatic heterocycles. The van der Waals surface area contributed by atoms with E-state index in [1.165, 1.54) is 15.6 Å². The first-order valence-electron chi connectivity index (χ1n) is 7.68. The van der Waals surface area contributed by atoms with Gasteiger partial charge in [-0.05, 0) is 24.4 Å². The Morgan fingerprint density at radius 3 is 2.73 bits per heavy atom. The van der Waals surface area contributed by atoms with Crippen LogP contribution in [-0.2, 0) is 0 Å². The second kappa shape index (κ2) is 6.02. The lowest BCUT2D eigenvalue weighted by Gasteiger charge is -2.22. The molecule has 1 aliphatic heterocycles. The van der Waals surface area contributed by atoms with E-state index in [0.29, 0.717) is 0 Å². The number of nitrogens with one attached hydrogen (secondary N) is 1. The summed E-state index contributed by atoms with van der Waals surface area (Å²) < 4.78 is 0. The summed E-state index contributed by atoms with van der Waals surface area (Å²) in [6.07, 6.45) is 1.14. The number of nitrogens with zero attached hydrogens (tertiary/aromatic N) is 3. The highest BCUT2D eigenvalue weighted by atomic mass is 32.1. The van der Waals surface area contributed by atoms with Crippen LogP contribution >= 0.6 is 11.3 Å². The molecule has 0 saturated carbocycles. The fourth-order valence-corrected chi connectivity index (χ4v) is 3.70. The second-order valence-electron chi connectivity index (χ2n) is 5.49. The van der Waals surface area contributed by atoms with Gasteiger partial charge in [-0.3, -0.25) is 0 Å². The Labute approximate surface area is 133 Å². The number of hydrogen-bond donors (Lipinski definition) is 1. The molecule has 22 heavy (non-hydrogen) atoms. The topological polar surface area (TPSA) is 41.1 Å². The summed E-state index contributed by atoms with van der Waals surface area (Å²) >= 11 is 1.71. The SMILES string of the molecule is c1csc(-c2nnc(N3CCCNCC3)c3ccccc23)c1. The van der Waals surface area contributed by atoms with Crippen LogP contribution < -0.4 is 10.2 Å². The minimum atomic E-state index is 0.983. The highest BCUT2D eigenvalue weighted by molar-refractivity contribution is 7.13. The van der Waals surface area contributed by atoms with E-state index in [4.69, 9.17) is 0 Å². The fourth-order valence-electron chi connectivity index (χ4n) is 2.98. The van der Waals surface area contributed by atoms with Gasteiger partial charge in [-0.25, -0.2) is 0 Å². The molecular weight excluding hydrogens is 292 g/mol. The maximum atomic E-state index is 4.58. The van der Waals surface area contributed by atoms with Gasteiger partial charge in [0.2, 0.25) is 0 Å². The molecule has 1 aromatic carbocycles. The molecule has 0 spiro atoms. The summed E-state index contributed by atoms with van der Waals surface area (Å²) in [6.45, 7) is 4.10. The predicted molar refractivity (Wildman–Crippen MR) is 92.6 cm³/mol. The van der Waals surface area contributed by atoms with E-state index in [2.05, 4.69) is 62.2 Å². The summed E-state index contributed by atoms with van der Waals surface area (Å²) in [5.41, 5.74) is 0.988. The molecule has 0 bridgehead atoms. The summed E-state index contributed by atoms with van der Waals surface area (Å²) in [7, 11) is 0. The largest absolute Gasteiger partial charge is 0.353 e. The molecule has 0 amide bonds. The number of anilines is 1. The van der Waals surface area contributed by atoms with Gasteiger partial charge in [-0.15, -0.1) is 21.5 Å². The van der Waals surface area contributed by atoms with Crippen molar-refractivity contribution >= 4 is 27.9 Å². The zero-order chi connectivity index (χ0) is 14.8. The third-order valence-electron chi connectivity index (χ3n) is 4.06. The standard InChI is InChI=1S/C17H18N4S/c1-2-6-14-13(5-1)16(15-7-3-12-22-15)19-20-17(14)21-10-4-8-18-9-11-21/h1-3,5-7,12,18H,4,8-11H2. The Hall–Kier alpha value is -1.98. The van der Waals surface area contributed by atoms with Gasteiger partial charge in [-0.2, -0.15) is 0 Å². The number of hydrogen-bond acceptors (Lipinski definition) is 5. The van der Waals surface area contributed by atoms with Crippen molar-refractivity contribution in [2.75, 3.05) is 31.1 Å². The van der Waals surface area contributed by atoms with Crippen molar-refractivity contribution in [3.63, 3.8) is 0 Å². The molecule has 3 heterocycles. The number of aromatic nitrogens is 2. The second-order valence-corrected chi connectivity index (χ2v) is 6.43. The van der Waals surface area contributed by atoms with Gasteiger partial charge in [0, 0.05) is 30.4 Å². The van der Waals surface area contributed by atoms with Crippen LogP contribution in [-0.4, -0.2) is 36.4 Å². The van der Waals surface area contributed by atoms with E-state index in [1.54, 1.807) is 11.3 Å². The van der Waals surface area contributed by atoms with E-state index in [0.717, 1.165) is 44.1 Å². The van der Waals surface area contributed by atoms with Crippen LogP contribution in [0.4, 0.5) is 5.82 Å². The molecule has 1 aliphatic rings. The van der Waals surface area contributed by atoms with Crippen molar-refractivity contribution in [3.05, 3.63) is 41.8 Å². The highest BCUT2D eigenvalue weighted by Crippen LogP contribution is 2.33. The summed E-state index contributed by atoms with van der Waals surface area (Å²) in [6, 6.07) is 12.6. The van der Waals surface area contributed by atoms with Crippen LogP contribution in [0.5, 0.6) is 0 Å². The Kier molecular flexibility index (Phi) is 3.74. The summed E-state index contributed by atoms with van der Waals surface area (Å²) in [5.74, 6) is 1.01. The molecule has 112 valence electrons. The van der Waals surface area contributed by atoms with Gasteiger partial charge in [-0.1, -0.05) is 30.3 Å². The lowest BCUT2D eigenvalue weighted by molar-refractivity contribution is 0.724. The summed E-state index contributed by atoms with van der Waals surface area (Å²) in [4.78, 5) is 3.53. The minimum absolute atomic E-state index is 0.983. The van der Waals surface area contributed by atoms with Gasteiger partial charge >= 0.3 is 0 Å². The molecule has 0 aliphatic carbocycles. The van der Waals surface area contributed by atoms with Crippen LogP contribution in [0.25, 0.3) is 21.3 Å². The molecule has 5 heteroatoms. The van der Waals surface area contributed by atoms with Crippen molar-refractivity contribution in [2.24, 2.45) is 0 Å². The van der Waals surface area contributed by atoms with Crippen molar-refractivity contribution in [1.29, 1.82) is 0 Å². The molecule has 0 radical (unpaired) electrons. The van der Waals surface area contributed by atoms with E-state index < -0.39 is 0 Å². The lowest BCUT2D eigenvalue weighted by atomic mass is 10.1. The molecule has 1 saturated heterocycles. The zero-order valence-corrected chi connectivity index (χ0v) is 13.1. The third-order valence-corrected chi connectivity index (χ3v) is 4.94. The average molecular weight is 310 g/mol. The van der Waals surface area contributed by atoms with Gasteiger partial charge in [0.25, 0.3) is 0 Å². The van der Waals surface area contributed by atoms with Gasteiger partial charge in [0.15, 0.2) is 5.82 Å². The van der Waals surface area contributed by atoms with E-state index in [9.17, 15) is 0 Å². The third kappa shape index (κ3) is 2.46. The first-order valence-corrected chi connectivity index (χ1v) is 8.56. The lowest BCUT2D eigenvalue weighted by Crippen LogP contribution is -2.29. The predicted octanol–water partition coefficient (Wildman–Crippen LogP) is 3.16. The number of thiophene rings is 1. The quantitative estimate of drug-likeness (QED) is 0.789. The highest BCUT2D eigenvalue weighted by Gasteiger charge is 2.17. The van der Waals surface area contributed by atoms with Crippen LogP contribution in [0.2, 0.25) is 0 Å². The normalized spacial score (nSPS) is 15.9. The average Bonchev–Trinajstić information content (AvgIpc) is 2.96. The Morgan fingerprint density at radius 2 is 1.86 bits per heavy atom. The zero-order valence-electron chi connectivity index (χ0n) is 12.3. The van der Waals surface area contributed by atoms with Crippen LogP contribution in [0, 0.1) is 0 Å². The van der Waals surface area contributed by atoms with Gasteiger partial charge in [0.1, 0.15) is 5.69 Å². The molecule has 1 fully saturated rings.